The van der Waals surface area contributed by atoms with E-state index >= 15 is 0 Å². The van der Waals surface area contributed by atoms with Gasteiger partial charge in [0.15, 0.2) is 0 Å². The number of rotatable bonds is 4. The summed E-state index contributed by atoms with van der Waals surface area (Å²) in [6.45, 7) is 8.53. The Labute approximate surface area is 145 Å². The minimum atomic E-state index is 0.0274. The summed E-state index contributed by atoms with van der Waals surface area (Å²) in [6.07, 6.45) is 3.99. The topological polar surface area (TPSA) is 58.6 Å². The summed E-state index contributed by atoms with van der Waals surface area (Å²) in [5, 5.41) is 3.34. The maximum atomic E-state index is 12.7. The number of hydrogen-bond donors (Lipinski definition) is 1. The molecule has 5 heteroatoms. The summed E-state index contributed by atoms with van der Waals surface area (Å²) in [6, 6.07) is 0.336. The predicted octanol–water partition coefficient (Wildman–Crippen LogP) is 2.06. The highest BCUT2D eigenvalue weighted by Crippen LogP contribution is 2.61. The van der Waals surface area contributed by atoms with Crippen LogP contribution in [0.15, 0.2) is 0 Å². The molecule has 0 spiro atoms. The lowest BCUT2D eigenvalue weighted by Gasteiger charge is -2.62. The first-order valence-electron chi connectivity index (χ1n) is 9.41. The first kappa shape index (κ1) is 17.7. The Bertz CT molecular complexity index is 497. The highest BCUT2D eigenvalue weighted by Gasteiger charge is 2.56. The van der Waals surface area contributed by atoms with E-state index in [1.807, 2.05) is 4.90 Å². The zero-order valence-electron chi connectivity index (χ0n) is 15.5. The number of hydrogen-bond acceptors (Lipinski definition) is 3. The van der Waals surface area contributed by atoms with Crippen LogP contribution in [0.4, 0.5) is 0 Å². The summed E-state index contributed by atoms with van der Waals surface area (Å²) in [7, 11) is 1.54. The van der Waals surface area contributed by atoms with Crippen molar-refractivity contribution in [1.29, 1.82) is 0 Å². The number of carbonyl (C=O) groups excluding carboxylic acids is 2. The van der Waals surface area contributed by atoms with Gasteiger partial charge in [-0.05, 0) is 48.9 Å². The largest absolute Gasteiger partial charge is 0.375 e. The Morgan fingerprint density at radius 1 is 1.21 bits per heavy atom. The van der Waals surface area contributed by atoms with Crippen molar-refractivity contribution in [3.63, 3.8) is 0 Å². The molecule has 0 aromatic rings. The van der Waals surface area contributed by atoms with Gasteiger partial charge < -0.3 is 15.0 Å². The van der Waals surface area contributed by atoms with Gasteiger partial charge >= 0.3 is 0 Å². The maximum absolute atomic E-state index is 12.7. The molecule has 0 aromatic heterocycles. The van der Waals surface area contributed by atoms with Gasteiger partial charge in [0.1, 0.15) is 6.61 Å². The molecule has 2 bridgehead atoms. The fraction of sp³-hybridized carbons (Fsp3) is 0.895. The highest BCUT2D eigenvalue weighted by atomic mass is 16.5. The maximum Gasteiger partial charge on any atom is 0.248 e. The lowest BCUT2D eigenvalue weighted by atomic mass is 9.45. The second kappa shape index (κ2) is 6.66. The molecule has 5 nitrogen and oxygen atoms in total. The monoisotopic (exact) mass is 336 g/mol. The fourth-order valence-electron chi connectivity index (χ4n) is 5.25. The molecule has 24 heavy (non-hydrogen) atoms. The third kappa shape index (κ3) is 3.07. The number of piperidine rings is 1. The molecule has 1 N–H and O–H groups in total. The molecular formula is C19H32N2O3. The fourth-order valence-corrected chi connectivity index (χ4v) is 5.25. The second-order valence-electron chi connectivity index (χ2n) is 8.66. The van der Waals surface area contributed by atoms with Crippen LogP contribution in [-0.4, -0.2) is 49.6 Å². The van der Waals surface area contributed by atoms with Crippen molar-refractivity contribution in [1.82, 2.24) is 10.2 Å². The average molecular weight is 336 g/mol. The number of likely N-dealkylation sites (tertiary alicyclic amines) is 1. The van der Waals surface area contributed by atoms with Crippen LogP contribution in [0.1, 0.15) is 46.5 Å². The zero-order chi connectivity index (χ0) is 17.5. The van der Waals surface area contributed by atoms with Crippen LogP contribution < -0.4 is 5.32 Å². The van der Waals surface area contributed by atoms with E-state index in [4.69, 9.17) is 4.74 Å². The molecule has 2 amide bonds. The number of amides is 2. The molecule has 1 heterocycles. The van der Waals surface area contributed by atoms with Crippen molar-refractivity contribution in [3.8, 4) is 0 Å². The van der Waals surface area contributed by atoms with Gasteiger partial charge in [0.2, 0.25) is 11.8 Å². The Hall–Kier alpha value is -1.10. The number of nitrogens with one attached hydrogen (secondary N) is 1. The van der Waals surface area contributed by atoms with Gasteiger partial charge in [0, 0.05) is 32.2 Å². The Kier molecular flexibility index (Phi) is 4.92. The third-order valence-electron chi connectivity index (χ3n) is 7.17. The molecule has 3 saturated carbocycles. The number of carbonyl (C=O) groups is 2. The van der Waals surface area contributed by atoms with Gasteiger partial charge in [-0.2, -0.15) is 0 Å². The van der Waals surface area contributed by atoms with Gasteiger partial charge in [0.25, 0.3) is 0 Å². The van der Waals surface area contributed by atoms with Crippen LogP contribution >= 0.6 is 0 Å². The van der Waals surface area contributed by atoms with Crippen molar-refractivity contribution in [3.05, 3.63) is 0 Å². The molecule has 3 aliphatic carbocycles. The average Bonchev–Trinajstić information content (AvgIpc) is 2.56. The molecular weight excluding hydrogens is 304 g/mol. The van der Waals surface area contributed by atoms with Crippen LogP contribution in [-0.2, 0) is 14.3 Å². The summed E-state index contributed by atoms with van der Waals surface area (Å²) < 4.78 is 4.90. The van der Waals surface area contributed by atoms with Gasteiger partial charge in [-0.15, -0.1) is 0 Å². The third-order valence-corrected chi connectivity index (χ3v) is 7.17. The first-order chi connectivity index (χ1) is 11.3. The standard InChI is InChI=1S/C19H32N2O3/c1-12-15-9-14(19(15,2)3)10-16(12)20-18(23)13-5-7-21(8-6-13)17(22)11-24-4/h12-16H,5-11H2,1-4H3,(H,20,23)/t12-,14+,15-,16-/m1/s1. The van der Waals surface area contributed by atoms with E-state index in [2.05, 4.69) is 26.1 Å². The lowest BCUT2D eigenvalue weighted by molar-refractivity contribution is -0.142. The van der Waals surface area contributed by atoms with Crippen LogP contribution in [0, 0.1) is 29.1 Å². The summed E-state index contributed by atoms with van der Waals surface area (Å²) in [5.41, 5.74) is 0.452. The Balaban J connectivity index is 1.48. The second-order valence-corrected chi connectivity index (χ2v) is 8.66. The number of nitrogens with zero attached hydrogens (tertiary/aromatic N) is 1. The minimum Gasteiger partial charge on any atom is -0.375 e. The van der Waals surface area contributed by atoms with Gasteiger partial charge in [-0.25, -0.2) is 0 Å². The molecule has 0 unspecified atom stereocenters. The van der Waals surface area contributed by atoms with Crippen molar-refractivity contribution in [2.75, 3.05) is 26.8 Å². The van der Waals surface area contributed by atoms with Crippen molar-refractivity contribution < 1.29 is 14.3 Å². The Morgan fingerprint density at radius 2 is 1.88 bits per heavy atom. The van der Waals surface area contributed by atoms with Crippen LogP contribution in [0.25, 0.3) is 0 Å². The van der Waals surface area contributed by atoms with E-state index in [0.717, 1.165) is 31.1 Å². The highest BCUT2D eigenvalue weighted by molar-refractivity contribution is 5.80. The minimum absolute atomic E-state index is 0.0274. The van der Waals surface area contributed by atoms with Gasteiger partial charge in [0.05, 0.1) is 0 Å². The summed E-state index contributed by atoms with van der Waals surface area (Å²) in [5.74, 6) is 2.35. The molecule has 4 rings (SSSR count). The van der Waals surface area contributed by atoms with Crippen LogP contribution in [0.2, 0.25) is 0 Å². The quantitative estimate of drug-likeness (QED) is 0.855. The van der Waals surface area contributed by atoms with E-state index in [1.165, 1.54) is 13.5 Å². The molecule has 4 fully saturated rings. The molecule has 0 radical (unpaired) electrons. The number of fused-ring (bicyclic) bond motifs is 2. The predicted molar refractivity (Wildman–Crippen MR) is 92.3 cm³/mol. The van der Waals surface area contributed by atoms with Crippen LogP contribution in [0.3, 0.4) is 0 Å². The zero-order valence-corrected chi connectivity index (χ0v) is 15.5. The molecule has 136 valence electrons. The number of methoxy groups -OCH3 is 1. The SMILES string of the molecule is COCC(=O)N1CCC(C(=O)N[C@@H]2C[C@@H]3C[C@H]([C@H]2C)C3(C)C)CC1. The van der Waals surface area contributed by atoms with Gasteiger partial charge in [-0.1, -0.05) is 20.8 Å². The summed E-state index contributed by atoms with van der Waals surface area (Å²) >= 11 is 0. The first-order valence-corrected chi connectivity index (χ1v) is 9.41. The molecule has 4 aliphatic rings. The van der Waals surface area contributed by atoms with Gasteiger partial charge in [-0.3, -0.25) is 9.59 Å². The van der Waals surface area contributed by atoms with E-state index < -0.39 is 0 Å². The van der Waals surface area contributed by atoms with Crippen molar-refractivity contribution >= 4 is 11.8 Å². The van der Waals surface area contributed by atoms with E-state index in [-0.39, 0.29) is 24.3 Å². The van der Waals surface area contributed by atoms with E-state index in [1.54, 1.807) is 0 Å². The van der Waals surface area contributed by atoms with E-state index in [9.17, 15) is 9.59 Å². The van der Waals surface area contributed by atoms with Crippen molar-refractivity contribution in [2.24, 2.45) is 29.1 Å². The normalized spacial score (nSPS) is 35.2. The molecule has 0 aromatic carbocycles. The number of ether oxygens (including phenoxy) is 1. The molecule has 1 saturated heterocycles. The molecule has 4 atom stereocenters. The summed E-state index contributed by atoms with van der Waals surface area (Å²) in [4.78, 5) is 26.3. The van der Waals surface area contributed by atoms with E-state index in [0.29, 0.717) is 30.5 Å². The smallest absolute Gasteiger partial charge is 0.248 e. The molecule has 1 aliphatic heterocycles. The lowest BCUT2D eigenvalue weighted by Crippen LogP contribution is -2.61. The van der Waals surface area contributed by atoms with Crippen LogP contribution in [0.5, 0.6) is 0 Å². The van der Waals surface area contributed by atoms with Crippen molar-refractivity contribution in [2.45, 2.75) is 52.5 Å². The Morgan fingerprint density at radius 3 is 2.42 bits per heavy atom.